The van der Waals surface area contributed by atoms with Gasteiger partial charge in [0.1, 0.15) is 0 Å². The van der Waals surface area contributed by atoms with E-state index in [0.717, 1.165) is 32.2 Å². The van der Waals surface area contributed by atoms with E-state index in [0.29, 0.717) is 6.04 Å². The lowest BCUT2D eigenvalue weighted by Crippen LogP contribution is -2.36. The largest absolute Gasteiger partial charge is 0.383 e. The molecule has 0 rings (SSSR count). The number of hydrogen-bond donors (Lipinski definition) is 1. The summed E-state index contributed by atoms with van der Waals surface area (Å²) in [6, 6.07) is 0.613. The van der Waals surface area contributed by atoms with Crippen LogP contribution in [0.2, 0.25) is 0 Å². The van der Waals surface area contributed by atoms with E-state index in [1.807, 2.05) is 0 Å². The smallest absolute Gasteiger partial charge is 0.0589 e. The van der Waals surface area contributed by atoms with Crippen molar-refractivity contribution in [2.45, 2.75) is 40.2 Å². The summed E-state index contributed by atoms with van der Waals surface area (Å²) in [5.74, 6) is 0.728. The monoisotopic (exact) mass is 230 g/mol. The summed E-state index contributed by atoms with van der Waals surface area (Å²) in [6.45, 7) is 14.2. The quantitative estimate of drug-likeness (QED) is 0.621. The van der Waals surface area contributed by atoms with Gasteiger partial charge in [-0.2, -0.15) is 0 Å². The number of methoxy groups -OCH3 is 1. The molecule has 1 N–H and O–H groups in total. The van der Waals surface area contributed by atoms with Gasteiger partial charge in [-0.05, 0) is 32.4 Å². The summed E-state index contributed by atoms with van der Waals surface area (Å²) in [5.41, 5.74) is 0. The van der Waals surface area contributed by atoms with Gasteiger partial charge in [0.25, 0.3) is 0 Å². The van der Waals surface area contributed by atoms with Gasteiger partial charge in [0.2, 0.25) is 0 Å². The second kappa shape index (κ2) is 10.1. The Kier molecular flexibility index (Phi) is 9.99. The molecule has 0 aromatic heterocycles. The Morgan fingerprint density at radius 2 is 1.88 bits per heavy atom. The molecule has 0 saturated carbocycles. The first-order valence-electron chi connectivity index (χ1n) is 6.54. The van der Waals surface area contributed by atoms with E-state index in [4.69, 9.17) is 4.74 Å². The Morgan fingerprint density at radius 3 is 2.38 bits per heavy atom. The molecule has 0 aliphatic heterocycles. The van der Waals surface area contributed by atoms with Crippen molar-refractivity contribution in [1.82, 2.24) is 10.2 Å². The summed E-state index contributed by atoms with van der Waals surface area (Å²) in [6.07, 6.45) is 1.21. The Morgan fingerprint density at radius 1 is 1.19 bits per heavy atom. The molecule has 0 heterocycles. The van der Waals surface area contributed by atoms with E-state index in [9.17, 15) is 0 Å². The molecule has 98 valence electrons. The fraction of sp³-hybridized carbons (Fsp3) is 1.00. The van der Waals surface area contributed by atoms with Gasteiger partial charge in [-0.25, -0.2) is 0 Å². The third kappa shape index (κ3) is 9.13. The second-order valence-electron chi connectivity index (χ2n) is 4.93. The molecule has 0 aromatic rings. The summed E-state index contributed by atoms with van der Waals surface area (Å²) >= 11 is 0. The first-order chi connectivity index (χ1) is 7.60. The van der Waals surface area contributed by atoms with Crippen LogP contribution in [-0.2, 0) is 4.74 Å². The van der Waals surface area contributed by atoms with Gasteiger partial charge in [0.15, 0.2) is 0 Å². The molecule has 1 atom stereocenters. The van der Waals surface area contributed by atoms with Crippen LogP contribution >= 0.6 is 0 Å². The first kappa shape index (κ1) is 15.9. The number of ether oxygens (including phenoxy) is 1. The molecule has 0 radical (unpaired) electrons. The average Bonchev–Trinajstić information content (AvgIpc) is 2.22. The van der Waals surface area contributed by atoms with Gasteiger partial charge in [-0.15, -0.1) is 0 Å². The molecule has 1 unspecified atom stereocenters. The number of nitrogens with one attached hydrogen (secondary N) is 1. The SMILES string of the molecule is CCNC(C)CCN(CCOC)CC(C)C. The zero-order valence-corrected chi connectivity index (χ0v) is 11.8. The van der Waals surface area contributed by atoms with Crippen LogP contribution in [-0.4, -0.2) is 50.8 Å². The van der Waals surface area contributed by atoms with Gasteiger partial charge in [-0.1, -0.05) is 20.8 Å². The van der Waals surface area contributed by atoms with Crippen molar-refractivity contribution in [2.75, 3.05) is 39.9 Å². The molecule has 3 nitrogen and oxygen atoms in total. The van der Waals surface area contributed by atoms with Crippen molar-refractivity contribution < 1.29 is 4.74 Å². The van der Waals surface area contributed by atoms with Crippen molar-refractivity contribution in [1.29, 1.82) is 0 Å². The van der Waals surface area contributed by atoms with Gasteiger partial charge < -0.3 is 15.0 Å². The lowest BCUT2D eigenvalue weighted by molar-refractivity contribution is 0.137. The fourth-order valence-corrected chi connectivity index (χ4v) is 1.86. The average molecular weight is 230 g/mol. The zero-order valence-electron chi connectivity index (χ0n) is 11.8. The van der Waals surface area contributed by atoms with Gasteiger partial charge in [0.05, 0.1) is 6.61 Å². The third-order valence-corrected chi connectivity index (χ3v) is 2.67. The summed E-state index contributed by atoms with van der Waals surface area (Å²) in [4.78, 5) is 2.50. The minimum Gasteiger partial charge on any atom is -0.383 e. The highest BCUT2D eigenvalue weighted by Gasteiger charge is 2.08. The van der Waals surface area contributed by atoms with Crippen LogP contribution in [0.3, 0.4) is 0 Å². The Bertz CT molecular complexity index is 151. The lowest BCUT2D eigenvalue weighted by Gasteiger charge is -2.25. The standard InChI is InChI=1S/C13H30N2O/c1-6-14-13(4)7-8-15(9-10-16-5)11-12(2)3/h12-14H,6-11H2,1-5H3. The molecule has 16 heavy (non-hydrogen) atoms. The predicted molar refractivity (Wildman–Crippen MR) is 70.9 cm³/mol. The molecule has 0 spiro atoms. The van der Waals surface area contributed by atoms with Crippen molar-refractivity contribution >= 4 is 0 Å². The van der Waals surface area contributed by atoms with Crippen LogP contribution in [0.5, 0.6) is 0 Å². The predicted octanol–water partition coefficient (Wildman–Crippen LogP) is 1.98. The summed E-state index contributed by atoms with van der Waals surface area (Å²) in [7, 11) is 1.77. The number of hydrogen-bond acceptors (Lipinski definition) is 3. The molecule has 0 bridgehead atoms. The normalized spacial score (nSPS) is 13.7. The summed E-state index contributed by atoms with van der Waals surface area (Å²) in [5, 5.41) is 3.45. The van der Waals surface area contributed by atoms with E-state index in [1.165, 1.54) is 13.0 Å². The molecule has 0 fully saturated rings. The number of rotatable bonds is 10. The Labute approximate surface area is 102 Å². The van der Waals surface area contributed by atoms with Gasteiger partial charge in [-0.3, -0.25) is 0 Å². The van der Waals surface area contributed by atoms with Crippen LogP contribution in [0.15, 0.2) is 0 Å². The van der Waals surface area contributed by atoms with Crippen LogP contribution < -0.4 is 5.32 Å². The number of nitrogens with zero attached hydrogens (tertiary/aromatic N) is 1. The highest BCUT2D eigenvalue weighted by Crippen LogP contribution is 2.01. The van der Waals surface area contributed by atoms with Crippen molar-refractivity contribution in [3.8, 4) is 0 Å². The maximum absolute atomic E-state index is 5.15. The Balaban J connectivity index is 3.80. The molecule has 0 aliphatic carbocycles. The first-order valence-corrected chi connectivity index (χ1v) is 6.54. The fourth-order valence-electron chi connectivity index (χ4n) is 1.86. The molecular formula is C13H30N2O. The van der Waals surface area contributed by atoms with Gasteiger partial charge >= 0.3 is 0 Å². The molecule has 0 aliphatic rings. The van der Waals surface area contributed by atoms with E-state index in [1.54, 1.807) is 7.11 Å². The maximum Gasteiger partial charge on any atom is 0.0589 e. The lowest BCUT2D eigenvalue weighted by atomic mass is 10.1. The van der Waals surface area contributed by atoms with Crippen LogP contribution in [0.1, 0.15) is 34.1 Å². The molecule has 0 amide bonds. The van der Waals surface area contributed by atoms with E-state index >= 15 is 0 Å². The highest BCUT2D eigenvalue weighted by molar-refractivity contribution is 4.65. The summed E-state index contributed by atoms with van der Waals surface area (Å²) < 4.78 is 5.15. The third-order valence-electron chi connectivity index (χ3n) is 2.67. The van der Waals surface area contributed by atoms with Crippen LogP contribution in [0.25, 0.3) is 0 Å². The Hall–Kier alpha value is -0.120. The van der Waals surface area contributed by atoms with Crippen LogP contribution in [0.4, 0.5) is 0 Å². The van der Waals surface area contributed by atoms with Crippen molar-refractivity contribution in [3.05, 3.63) is 0 Å². The van der Waals surface area contributed by atoms with Crippen LogP contribution in [0, 0.1) is 5.92 Å². The topological polar surface area (TPSA) is 24.5 Å². The van der Waals surface area contributed by atoms with Crippen molar-refractivity contribution in [2.24, 2.45) is 5.92 Å². The molecule has 3 heteroatoms. The molecular weight excluding hydrogens is 200 g/mol. The van der Waals surface area contributed by atoms with Crippen molar-refractivity contribution in [3.63, 3.8) is 0 Å². The zero-order chi connectivity index (χ0) is 12.4. The van der Waals surface area contributed by atoms with E-state index in [2.05, 4.69) is 37.9 Å². The minimum atomic E-state index is 0.613. The molecule has 0 aromatic carbocycles. The van der Waals surface area contributed by atoms with Gasteiger partial charge in [0, 0.05) is 26.2 Å². The van der Waals surface area contributed by atoms with E-state index in [-0.39, 0.29) is 0 Å². The van der Waals surface area contributed by atoms with E-state index < -0.39 is 0 Å². The minimum absolute atomic E-state index is 0.613. The highest BCUT2D eigenvalue weighted by atomic mass is 16.5. The second-order valence-corrected chi connectivity index (χ2v) is 4.93. The molecule has 0 saturated heterocycles. The maximum atomic E-state index is 5.15.